The molecule has 0 saturated carbocycles. The highest BCUT2D eigenvalue weighted by Gasteiger charge is 2.26. The fourth-order valence-electron chi connectivity index (χ4n) is 3.07. The number of oxazole rings is 1. The number of hydrogen-bond acceptors (Lipinski definition) is 4. The van der Waals surface area contributed by atoms with E-state index >= 15 is 0 Å². The van der Waals surface area contributed by atoms with Crippen molar-refractivity contribution < 1.29 is 4.42 Å². The Bertz CT molecular complexity index is 809. The SMILES string of the molecule is CC1Cc2ccccc2N1Cc1nc2ccc(N)cc2o1. The molecule has 0 spiro atoms. The second kappa shape index (κ2) is 4.52. The van der Waals surface area contributed by atoms with Crippen molar-refractivity contribution in [2.24, 2.45) is 0 Å². The number of para-hydroxylation sites is 1. The molecule has 0 bridgehead atoms. The van der Waals surface area contributed by atoms with E-state index in [0.717, 1.165) is 23.4 Å². The molecule has 1 aliphatic heterocycles. The van der Waals surface area contributed by atoms with Gasteiger partial charge in [0, 0.05) is 23.5 Å². The minimum absolute atomic E-state index is 0.461. The Morgan fingerprint density at radius 1 is 1.29 bits per heavy atom. The van der Waals surface area contributed by atoms with Gasteiger partial charge in [-0.25, -0.2) is 4.98 Å². The highest BCUT2D eigenvalue weighted by Crippen LogP contribution is 2.33. The van der Waals surface area contributed by atoms with Gasteiger partial charge in [-0.1, -0.05) is 18.2 Å². The molecular formula is C17H17N3O. The van der Waals surface area contributed by atoms with Crippen LogP contribution < -0.4 is 10.6 Å². The fraction of sp³-hybridized carbons (Fsp3) is 0.235. The summed E-state index contributed by atoms with van der Waals surface area (Å²) in [5.41, 5.74) is 10.8. The van der Waals surface area contributed by atoms with E-state index in [1.807, 2.05) is 18.2 Å². The summed E-state index contributed by atoms with van der Waals surface area (Å²) in [5.74, 6) is 0.735. The van der Waals surface area contributed by atoms with Gasteiger partial charge in [0.25, 0.3) is 0 Å². The fourth-order valence-corrected chi connectivity index (χ4v) is 3.07. The molecule has 106 valence electrons. The number of anilines is 2. The predicted molar refractivity (Wildman–Crippen MR) is 84.2 cm³/mol. The lowest BCUT2D eigenvalue weighted by molar-refractivity contribution is 0.508. The topological polar surface area (TPSA) is 55.3 Å². The summed E-state index contributed by atoms with van der Waals surface area (Å²) in [6.07, 6.45) is 1.07. The first kappa shape index (κ1) is 12.3. The molecule has 1 aliphatic rings. The van der Waals surface area contributed by atoms with E-state index < -0.39 is 0 Å². The summed E-state index contributed by atoms with van der Waals surface area (Å²) in [4.78, 5) is 6.91. The van der Waals surface area contributed by atoms with Gasteiger partial charge in [-0.05, 0) is 37.1 Å². The molecule has 1 aromatic heterocycles. The number of benzene rings is 2. The Morgan fingerprint density at radius 3 is 3.05 bits per heavy atom. The van der Waals surface area contributed by atoms with Gasteiger partial charge in [0.1, 0.15) is 5.52 Å². The van der Waals surface area contributed by atoms with Crippen LogP contribution in [0.2, 0.25) is 0 Å². The van der Waals surface area contributed by atoms with Gasteiger partial charge in [0.15, 0.2) is 5.58 Å². The van der Waals surface area contributed by atoms with Crippen molar-refractivity contribution in [3.8, 4) is 0 Å². The maximum absolute atomic E-state index is 5.84. The zero-order valence-electron chi connectivity index (χ0n) is 11.9. The smallest absolute Gasteiger partial charge is 0.215 e. The molecule has 1 atom stereocenters. The Balaban J connectivity index is 1.68. The molecule has 0 fully saturated rings. The van der Waals surface area contributed by atoms with Crippen molar-refractivity contribution >= 4 is 22.5 Å². The van der Waals surface area contributed by atoms with Crippen LogP contribution in [0.15, 0.2) is 46.9 Å². The highest BCUT2D eigenvalue weighted by atomic mass is 16.3. The van der Waals surface area contributed by atoms with Gasteiger partial charge in [-0.2, -0.15) is 0 Å². The maximum atomic E-state index is 5.84. The lowest BCUT2D eigenvalue weighted by atomic mass is 10.1. The molecule has 3 aromatic rings. The highest BCUT2D eigenvalue weighted by molar-refractivity contribution is 5.76. The predicted octanol–water partition coefficient (Wildman–Crippen LogP) is 3.36. The van der Waals surface area contributed by atoms with Crippen molar-refractivity contribution in [1.82, 2.24) is 4.98 Å². The molecule has 4 rings (SSSR count). The van der Waals surface area contributed by atoms with Crippen LogP contribution in [-0.2, 0) is 13.0 Å². The summed E-state index contributed by atoms with van der Waals surface area (Å²) in [6.45, 7) is 2.92. The molecule has 4 nitrogen and oxygen atoms in total. The van der Waals surface area contributed by atoms with Crippen LogP contribution in [0.5, 0.6) is 0 Å². The molecule has 2 N–H and O–H groups in total. The van der Waals surface area contributed by atoms with Gasteiger partial charge in [-0.3, -0.25) is 0 Å². The maximum Gasteiger partial charge on any atom is 0.215 e. The van der Waals surface area contributed by atoms with Crippen LogP contribution in [0.25, 0.3) is 11.1 Å². The average molecular weight is 279 g/mol. The quantitative estimate of drug-likeness (QED) is 0.731. The molecule has 0 aliphatic carbocycles. The minimum Gasteiger partial charge on any atom is -0.439 e. The molecule has 2 aromatic carbocycles. The van der Waals surface area contributed by atoms with Crippen LogP contribution in [0.1, 0.15) is 18.4 Å². The molecule has 0 saturated heterocycles. The van der Waals surface area contributed by atoms with E-state index in [4.69, 9.17) is 10.2 Å². The lowest BCUT2D eigenvalue weighted by Gasteiger charge is -2.22. The van der Waals surface area contributed by atoms with Crippen molar-refractivity contribution in [3.63, 3.8) is 0 Å². The number of nitrogens with two attached hydrogens (primary N) is 1. The number of fused-ring (bicyclic) bond motifs is 2. The summed E-state index contributed by atoms with van der Waals surface area (Å²) in [7, 11) is 0. The first-order valence-electron chi connectivity index (χ1n) is 7.20. The Labute approximate surface area is 123 Å². The Morgan fingerprint density at radius 2 is 2.14 bits per heavy atom. The zero-order valence-corrected chi connectivity index (χ0v) is 11.9. The average Bonchev–Trinajstić information content (AvgIpc) is 3.00. The largest absolute Gasteiger partial charge is 0.439 e. The van der Waals surface area contributed by atoms with E-state index in [9.17, 15) is 0 Å². The van der Waals surface area contributed by atoms with Gasteiger partial charge in [0.2, 0.25) is 5.89 Å². The van der Waals surface area contributed by atoms with Crippen LogP contribution in [0.3, 0.4) is 0 Å². The normalized spacial score (nSPS) is 17.4. The third-order valence-electron chi connectivity index (χ3n) is 4.11. The molecule has 2 heterocycles. The van der Waals surface area contributed by atoms with Crippen molar-refractivity contribution in [1.29, 1.82) is 0 Å². The number of nitrogen functional groups attached to an aromatic ring is 1. The van der Waals surface area contributed by atoms with Crippen molar-refractivity contribution in [2.45, 2.75) is 25.9 Å². The second-order valence-electron chi connectivity index (χ2n) is 5.64. The molecule has 21 heavy (non-hydrogen) atoms. The molecular weight excluding hydrogens is 262 g/mol. The van der Waals surface area contributed by atoms with E-state index in [0.29, 0.717) is 18.3 Å². The summed E-state index contributed by atoms with van der Waals surface area (Å²) in [5, 5.41) is 0. The van der Waals surface area contributed by atoms with E-state index in [2.05, 4.69) is 41.1 Å². The zero-order chi connectivity index (χ0) is 14.4. The first-order chi connectivity index (χ1) is 10.2. The molecule has 0 amide bonds. The van der Waals surface area contributed by atoms with Gasteiger partial charge in [-0.15, -0.1) is 0 Å². The third kappa shape index (κ3) is 2.03. The Hall–Kier alpha value is -2.49. The minimum atomic E-state index is 0.461. The van der Waals surface area contributed by atoms with Gasteiger partial charge < -0.3 is 15.1 Å². The van der Waals surface area contributed by atoms with E-state index in [-0.39, 0.29) is 0 Å². The second-order valence-corrected chi connectivity index (χ2v) is 5.64. The van der Waals surface area contributed by atoms with Crippen molar-refractivity contribution in [2.75, 3.05) is 10.6 Å². The number of nitrogens with zero attached hydrogens (tertiary/aromatic N) is 2. The standard InChI is InChI=1S/C17H17N3O/c1-11-8-12-4-2-3-5-15(12)20(11)10-17-19-14-7-6-13(18)9-16(14)21-17/h2-7,9,11H,8,10,18H2,1H3. The number of aromatic nitrogens is 1. The summed E-state index contributed by atoms with van der Waals surface area (Å²) in [6, 6.07) is 14.6. The molecule has 4 heteroatoms. The summed E-state index contributed by atoms with van der Waals surface area (Å²) < 4.78 is 5.84. The van der Waals surface area contributed by atoms with Crippen LogP contribution >= 0.6 is 0 Å². The van der Waals surface area contributed by atoms with Gasteiger partial charge >= 0.3 is 0 Å². The first-order valence-corrected chi connectivity index (χ1v) is 7.20. The van der Waals surface area contributed by atoms with Crippen LogP contribution in [0.4, 0.5) is 11.4 Å². The van der Waals surface area contributed by atoms with Gasteiger partial charge in [0.05, 0.1) is 6.54 Å². The Kier molecular flexibility index (Phi) is 2.64. The lowest BCUT2D eigenvalue weighted by Crippen LogP contribution is -2.28. The van der Waals surface area contributed by atoms with E-state index in [1.165, 1.54) is 11.3 Å². The third-order valence-corrected chi connectivity index (χ3v) is 4.11. The van der Waals surface area contributed by atoms with Crippen LogP contribution in [-0.4, -0.2) is 11.0 Å². The summed E-state index contributed by atoms with van der Waals surface area (Å²) >= 11 is 0. The monoisotopic (exact) mass is 279 g/mol. The number of hydrogen-bond donors (Lipinski definition) is 1. The van der Waals surface area contributed by atoms with E-state index in [1.54, 1.807) is 0 Å². The van der Waals surface area contributed by atoms with Crippen LogP contribution in [0, 0.1) is 0 Å². The molecule has 1 unspecified atom stereocenters. The number of rotatable bonds is 2. The molecule has 0 radical (unpaired) electrons. The van der Waals surface area contributed by atoms with Crippen molar-refractivity contribution in [3.05, 3.63) is 53.9 Å².